The van der Waals surface area contributed by atoms with Crippen LogP contribution in [0.25, 0.3) is 0 Å². The molecule has 0 radical (unpaired) electrons. The molecule has 0 unspecified atom stereocenters. The zero-order valence-corrected chi connectivity index (χ0v) is 11.7. The van der Waals surface area contributed by atoms with Crippen molar-refractivity contribution in [2.45, 2.75) is 57.7 Å². The molecule has 1 nitrogen and oxygen atoms in total. The maximum atomic E-state index is 5.54. The van der Waals surface area contributed by atoms with Crippen LogP contribution < -0.4 is 0 Å². The van der Waals surface area contributed by atoms with Crippen molar-refractivity contribution in [1.82, 2.24) is 0 Å². The van der Waals surface area contributed by atoms with Gasteiger partial charge in [0.25, 0.3) is 0 Å². The fourth-order valence-electron chi connectivity index (χ4n) is 1.64. The van der Waals surface area contributed by atoms with Gasteiger partial charge < -0.3 is 4.74 Å². The third-order valence-corrected chi connectivity index (χ3v) is 3.16. The second-order valence-electron chi connectivity index (χ2n) is 4.01. The van der Waals surface area contributed by atoms with E-state index in [9.17, 15) is 0 Å². The van der Waals surface area contributed by atoms with E-state index < -0.39 is 0 Å². The van der Waals surface area contributed by atoms with Crippen LogP contribution in [0.5, 0.6) is 0 Å². The molecule has 1 heterocycles. The van der Waals surface area contributed by atoms with Crippen LogP contribution >= 0.6 is 22.6 Å². The van der Waals surface area contributed by atoms with Crippen molar-refractivity contribution in [1.29, 1.82) is 0 Å². The summed E-state index contributed by atoms with van der Waals surface area (Å²) in [4.78, 5) is 0. The summed E-state index contributed by atoms with van der Waals surface area (Å²) in [5.41, 5.74) is 0. The van der Waals surface area contributed by atoms with Gasteiger partial charge in [0.1, 0.15) is 0 Å². The quantitative estimate of drug-likeness (QED) is 0.275. The SMILES string of the molecule is CCCCC/C=C\C[C@@H]1O[C@@H]1C/C=C\I. The molecule has 2 heteroatoms. The van der Waals surface area contributed by atoms with Crippen molar-refractivity contribution in [2.24, 2.45) is 0 Å². The average Bonchev–Trinajstić information content (AvgIpc) is 2.99. The number of unbranched alkanes of at least 4 members (excludes halogenated alkanes) is 3. The molecule has 1 aliphatic rings. The number of epoxide rings is 1. The molecule has 1 rings (SSSR count). The summed E-state index contributed by atoms with van der Waals surface area (Å²) in [5.74, 6) is 0. The predicted molar refractivity (Wildman–Crippen MR) is 74.3 cm³/mol. The number of ether oxygens (including phenoxy) is 1. The van der Waals surface area contributed by atoms with E-state index in [1.54, 1.807) is 0 Å². The minimum Gasteiger partial charge on any atom is -0.369 e. The lowest BCUT2D eigenvalue weighted by Crippen LogP contribution is -1.89. The minimum atomic E-state index is 0.497. The number of allylic oxidation sites excluding steroid dienone is 1. The minimum absolute atomic E-state index is 0.497. The van der Waals surface area contributed by atoms with E-state index in [1.807, 2.05) is 0 Å². The summed E-state index contributed by atoms with van der Waals surface area (Å²) >= 11 is 2.25. The zero-order valence-electron chi connectivity index (χ0n) is 9.49. The molecule has 0 saturated carbocycles. The molecule has 1 fully saturated rings. The lowest BCUT2D eigenvalue weighted by atomic mass is 10.1. The summed E-state index contributed by atoms with van der Waals surface area (Å²) in [5, 5.41) is 0. The fourth-order valence-corrected chi connectivity index (χ4v) is 1.93. The van der Waals surface area contributed by atoms with Crippen LogP contribution in [0.3, 0.4) is 0 Å². The van der Waals surface area contributed by atoms with Crippen molar-refractivity contribution >= 4 is 22.6 Å². The molecule has 1 aliphatic heterocycles. The Morgan fingerprint density at radius 3 is 2.47 bits per heavy atom. The van der Waals surface area contributed by atoms with E-state index in [4.69, 9.17) is 4.74 Å². The van der Waals surface area contributed by atoms with Crippen molar-refractivity contribution in [2.75, 3.05) is 0 Å². The smallest absolute Gasteiger partial charge is 0.0879 e. The number of hydrogen-bond acceptors (Lipinski definition) is 1. The monoisotopic (exact) mass is 320 g/mol. The highest BCUT2D eigenvalue weighted by Crippen LogP contribution is 2.29. The summed E-state index contributed by atoms with van der Waals surface area (Å²) < 4.78 is 7.61. The molecule has 0 bridgehead atoms. The van der Waals surface area contributed by atoms with Crippen LogP contribution in [-0.4, -0.2) is 12.2 Å². The number of hydrogen-bond donors (Lipinski definition) is 0. The number of rotatable bonds is 8. The molecular formula is C13H21IO. The van der Waals surface area contributed by atoms with Gasteiger partial charge >= 0.3 is 0 Å². The van der Waals surface area contributed by atoms with Gasteiger partial charge in [-0.1, -0.05) is 60.6 Å². The van der Waals surface area contributed by atoms with Gasteiger partial charge in [-0.05, 0) is 29.8 Å². The molecule has 86 valence electrons. The molecule has 0 aromatic carbocycles. The summed E-state index contributed by atoms with van der Waals surface area (Å²) in [6.07, 6.45) is 15.2. The summed E-state index contributed by atoms with van der Waals surface area (Å²) in [6.45, 7) is 2.24. The van der Waals surface area contributed by atoms with Gasteiger partial charge in [0.05, 0.1) is 12.2 Å². The zero-order chi connectivity index (χ0) is 10.9. The standard InChI is InChI=1S/C13H21IO/c1-2-3-4-5-6-7-9-12-13(15-12)10-8-11-14/h6-8,11-13H,2-5,9-10H2,1H3/b7-6-,11-8-/t12-,13+/m0/s1. The number of halogens is 1. The molecule has 2 atom stereocenters. The van der Waals surface area contributed by atoms with E-state index in [1.165, 1.54) is 25.7 Å². The molecule has 0 spiro atoms. The first-order chi connectivity index (χ1) is 7.38. The van der Waals surface area contributed by atoms with Crippen molar-refractivity contribution < 1.29 is 4.74 Å². The topological polar surface area (TPSA) is 12.5 Å². The second kappa shape index (κ2) is 8.34. The Kier molecular flexibility index (Phi) is 7.36. The third-order valence-electron chi connectivity index (χ3n) is 2.65. The van der Waals surface area contributed by atoms with Gasteiger partial charge in [-0.25, -0.2) is 0 Å². The van der Waals surface area contributed by atoms with Crippen LogP contribution in [0, 0.1) is 0 Å². The molecule has 0 aromatic rings. The first kappa shape index (κ1) is 13.2. The second-order valence-corrected chi connectivity index (χ2v) is 4.73. The highest BCUT2D eigenvalue weighted by Gasteiger charge is 2.35. The van der Waals surface area contributed by atoms with Crippen LogP contribution in [0.4, 0.5) is 0 Å². The first-order valence-corrected chi connectivity index (χ1v) is 7.18. The Bertz CT molecular complexity index is 211. The molecule has 0 aliphatic carbocycles. The van der Waals surface area contributed by atoms with Gasteiger partial charge in [-0.15, -0.1) is 0 Å². The molecule has 0 N–H and O–H groups in total. The van der Waals surface area contributed by atoms with Crippen LogP contribution in [0.1, 0.15) is 45.4 Å². The van der Waals surface area contributed by atoms with Crippen LogP contribution in [0.15, 0.2) is 22.3 Å². The molecule has 15 heavy (non-hydrogen) atoms. The highest BCUT2D eigenvalue weighted by atomic mass is 127. The van der Waals surface area contributed by atoms with Gasteiger partial charge in [-0.3, -0.25) is 0 Å². The Morgan fingerprint density at radius 2 is 1.80 bits per heavy atom. The van der Waals surface area contributed by atoms with E-state index >= 15 is 0 Å². The van der Waals surface area contributed by atoms with E-state index in [0.717, 1.165) is 12.8 Å². The summed E-state index contributed by atoms with van der Waals surface area (Å²) in [7, 11) is 0. The van der Waals surface area contributed by atoms with E-state index in [0.29, 0.717) is 12.2 Å². The Hall–Kier alpha value is 0.170. The third kappa shape index (κ3) is 6.36. The Balaban J connectivity index is 1.93. The van der Waals surface area contributed by atoms with Crippen molar-refractivity contribution in [3.63, 3.8) is 0 Å². The van der Waals surface area contributed by atoms with Crippen LogP contribution in [-0.2, 0) is 4.74 Å². The van der Waals surface area contributed by atoms with Gasteiger partial charge in [-0.2, -0.15) is 0 Å². The molecule has 1 saturated heterocycles. The Labute approximate surface area is 107 Å². The van der Waals surface area contributed by atoms with Crippen molar-refractivity contribution in [3.8, 4) is 0 Å². The Morgan fingerprint density at radius 1 is 1.07 bits per heavy atom. The molecular weight excluding hydrogens is 299 g/mol. The maximum absolute atomic E-state index is 5.54. The van der Waals surface area contributed by atoms with Gasteiger partial charge in [0.15, 0.2) is 0 Å². The first-order valence-electron chi connectivity index (χ1n) is 5.94. The lowest BCUT2D eigenvalue weighted by molar-refractivity contribution is 0.372. The summed E-state index contributed by atoms with van der Waals surface area (Å²) in [6, 6.07) is 0. The van der Waals surface area contributed by atoms with Crippen LogP contribution in [0.2, 0.25) is 0 Å². The van der Waals surface area contributed by atoms with Gasteiger partial charge in [0.2, 0.25) is 0 Å². The van der Waals surface area contributed by atoms with Gasteiger partial charge in [0, 0.05) is 0 Å². The fraction of sp³-hybridized carbons (Fsp3) is 0.692. The lowest BCUT2D eigenvalue weighted by Gasteiger charge is -1.91. The normalized spacial score (nSPS) is 25.5. The highest BCUT2D eigenvalue weighted by molar-refractivity contribution is 14.1. The van der Waals surface area contributed by atoms with Crippen molar-refractivity contribution in [3.05, 3.63) is 22.3 Å². The largest absolute Gasteiger partial charge is 0.369 e. The average molecular weight is 320 g/mol. The predicted octanol–water partition coefficient (Wildman–Crippen LogP) is 4.62. The molecule has 0 aromatic heterocycles. The maximum Gasteiger partial charge on any atom is 0.0879 e. The molecule has 0 amide bonds. The van der Waals surface area contributed by atoms with E-state index in [2.05, 4.69) is 51.8 Å². The van der Waals surface area contributed by atoms with E-state index in [-0.39, 0.29) is 0 Å².